The zero-order valence-corrected chi connectivity index (χ0v) is 17.7. The quantitative estimate of drug-likeness (QED) is 0.556. The number of benzene rings is 3. The molecule has 0 unspecified atom stereocenters. The molecule has 1 amide bonds. The summed E-state index contributed by atoms with van der Waals surface area (Å²) in [5.74, 6) is -1.77. The number of carbonyl (C=O) groups excluding carboxylic acids is 1. The van der Waals surface area contributed by atoms with Crippen LogP contribution in [-0.4, -0.2) is 36.3 Å². The Kier molecular flexibility index (Phi) is 6.84. The number of carboxylic acid groups (broad SMARTS) is 1. The minimum atomic E-state index is -3.84. The van der Waals surface area contributed by atoms with Crippen LogP contribution in [0.1, 0.15) is 33.2 Å². The van der Waals surface area contributed by atoms with Crippen LogP contribution in [0.2, 0.25) is 0 Å². The van der Waals surface area contributed by atoms with Gasteiger partial charge in [-0.1, -0.05) is 55.5 Å². The van der Waals surface area contributed by atoms with E-state index in [-0.39, 0.29) is 34.8 Å². The van der Waals surface area contributed by atoms with Gasteiger partial charge in [0, 0.05) is 18.7 Å². The van der Waals surface area contributed by atoms with E-state index in [0.29, 0.717) is 0 Å². The largest absolute Gasteiger partial charge is 0.478 e. The summed E-state index contributed by atoms with van der Waals surface area (Å²) in [6.45, 7) is 2.22. The van der Waals surface area contributed by atoms with Crippen LogP contribution in [0, 0.1) is 0 Å². The molecule has 0 radical (unpaired) electrons. The van der Waals surface area contributed by atoms with Gasteiger partial charge in [0.25, 0.3) is 5.91 Å². The van der Waals surface area contributed by atoms with E-state index in [4.69, 9.17) is 0 Å². The van der Waals surface area contributed by atoms with Gasteiger partial charge >= 0.3 is 5.97 Å². The normalized spacial score (nSPS) is 11.3. The van der Waals surface area contributed by atoms with Crippen LogP contribution < -0.4 is 5.32 Å². The molecular weight excluding hydrogens is 416 g/mol. The molecule has 8 heteroatoms. The maximum absolute atomic E-state index is 13.2. The monoisotopic (exact) mass is 438 g/mol. The van der Waals surface area contributed by atoms with Gasteiger partial charge in [0.1, 0.15) is 0 Å². The molecule has 3 rings (SSSR count). The summed E-state index contributed by atoms with van der Waals surface area (Å²) in [5.41, 5.74) is 1.04. The predicted octanol–water partition coefficient (Wildman–Crippen LogP) is 3.85. The second-order valence-electron chi connectivity index (χ2n) is 6.75. The molecule has 0 aliphatic carbocycles. The van der Waals surface area contributed by atoms with E-state index in [1.807, 2.05) is 30.3 Å². The fraction of sp³-hybridized carbons (Fsp3) is 0.130. The van der Waals surface area contributed by atoms with Crippen molar-refractivity contribution in [1.29, 1.82) is 0 Å². The van der Waals surface area contributed by atoms with Gasteiger partial charge in [-0.05, 0) is 35.9 Å². The maximum Gasteiger partial charge on any atom is 0.337 e. The lowest BCUT2D eigenvalue weighted by molar-refractivity contribution is 0.0698. The van der Waals surface area contributed by atoms with Crippen molar-refractivity contribution in [2.75, 3.05) is 11.9 Å². The summed E-state index contributed by atoms with van der Waals surface area (Å²) in [5, 5.41) is 11.8. The van der Waals surface area contributed by atoms with Crippen molar-refractivity contribution in [2.45, 2.75) is 18.4 Å². The number of hydrogen-bond donors (Lipinski definition) is 2. The zero-order valence-electron chi connectivity index (χ0n) is 16.9. The maximum atomic E-state index is 13.2. The second-order valence-corrected chi connectivity index (χ2v) is 8.69. The van der Waals surface area contributed by atoms with Crippen LogP contribution >= 0.6 is 0 Å². The molecule has 0 aromatic heterocycles. The van der Waals surface area contributed by atoms with E-state index < -0.39 is 21.9 Å². The van der Waals surface area contributed by atoms with Gasteiger partial charge in [-0.3, -0.25) is 4.79 Å². The molecule has 3 aromatic carbocycles. The number of para-hydroxylation sites is 1. The third-order valence-electron chi connectivity index (χ3n) is 4.69. The number of anilines is 1. The Morgan fingerprint density at radius 1 is 0.935 bits per heavy atom. The molecule has 0 spiro atoms. The highest BCUT2D eigenvalue weighted by molar-refractivity contribution is 7.89. The number of nitrogens with one attached hydrogen (secondary N) is 1. The summed E-state index contributed by atoms with van der Waals surface area (Å²) in [4.78, 5) is 24.0. The molecular formula is C23H22N2O5S. The van der Waals surface area contributed by atoms with Gasteiger partial charge in [0.15, 0.2) is 0 Å². The van der Waals surface area contributed by atoms with E-state index >= 15 is 0 Å². The van der Waals surface area contributed by atoms with Crippen molar-refractivity contribution < 1.29 is 23.1 Å². The van der Waals surface area contributed by atoms with Crippen LogP contribution in [0.5, 0.6) is 0 Å². The molecule has 0 saturated heterocycles. The Morgan fingerprint density at radius 3 is 2.29 bits per heavy atom. The second kappa shape index (κ2) is 9.55. The molecule has 160 valence electrons. The van der Waals surface area contributed by atoms with Gasteiger partial charge in [-0.2, -0.15) is 4.31 Å². The summed E-state index contributed by atoms with van der Waals surface area (Å²) in [7, 11) is -3.84. The molecule has 0 bridgehead atoms. The molecule has 0 heterocycles. The van der Waals surface area contributed by atoms with Crippen molar-refractivity contribution in [3.63, 3.8) is 0 Å². The third kappa shape index (κ3) is 5.17. The van der Waals surface area contributed by atoms with Gasteiger partial charge in [0.2, 0.25) is 10.0 Å². The number of sulfonamides is 1. The highest BCUT2D eigenvalue weighted by Gasteiger charge is 2.24. The number of hydrogen-bond acceptors (Lipinski definition) is 4. The minimum Gasteiger partial charge on any atom is -0.478 e. The number of carboxylic acids is 1. The van der Waals surface area contributed by atoms with Crippen LogP contribution in [0.25, 0.3) is 0 Å². The highest BCUT2D eigenvalue weighted by atomic mass is 32.2. The zero-order chi connectivity index (χ0) is 22.4. The SMILES string of the molecule is CCN(Cc1ccccc1)S(=O)(=O)c1cccc(C(=O)Nc2ccccc2C(=O)O)c1. The van der Waals surface area contributed by atoms with Crippen molar-refractivity contribution in [3.8, 4) is 0 Å². The highest BCUT2D eigenvalue weighted by Crippen LogP contribution is 2.21. The Balaban J connectivity index is 1.86. The first kappa shape index (κ1) is 22.2. The average Bonchev–Trinajstić information content (AvgIpc) is 2.78. The number of aromatic carboxylic acids is 1. The molecule has 2 N–H and O–H groups in total. The van der Waals surface area contributed by atoms with E-state index in [0.717, 1.165) is 5.56 Å². The molecule has 0 aliphatic heterocycles. The molecule has 0 aliphatic rings. The first-order chi connectivity index (χ1) is 14.8. The summed E-state index contributed by atoms with van der Waals surface area (Å²) < 4.78 is 27.7. The minimum absolute atomic E-state index is 0.00977. The average molecular weight is 439 g/mol. The number of carbonyl (C=O) groups is 2. The van der Waals surface area contributed by atoms with E-state index in [1.165, 1.54) is 40.7 Å². The molecule has 3 aromatic rings. The molecule has 31 heavy (non-hydrogen) atoms. The Labute approximate surface area is 181 Å². The number of rotatable bonds is 8. The smallest absolute Gasteiger partial charge is 0.337 e. The predicted molar refractivity (Wildman–Crippen MR) is 118 cm³/mol. The lowest BCUT2D eigenvalue weighted by Crippen LogP contribution is -2.30. The van der Waals surface area contributed by atoms with Gasteiger partial charge in [-0.25, -0.2) is 13.2 Å². The Hall–Kier alpha value is -3.49. The molecule has 0 saturated carbocycles. The summed E-state index contributed by atoms with van der Waals surface area (Å²) in [6.07, 6.45) is 0. The van der Waals surface area contributed by atoms with Crippen molar-refractivity contribution in [3.05, 3.63) is 95.6 Å². The van der Waals surface area contributed by atoms with Crippen LogP contribution in [0.3, 0.4) is 0 Å². The van der Waals surface area contributed by atoms with Crippen molar-refractivity contribution in [1.82, 2.24) is 4.31 Å². The number of nitrogens with zero attached hydrogens (tertiary/aromatic N) is 1. The third-order valence-corrected chi connectivity index (χ3v) is 6.61. The number of amides is 1. The molecule has 7 nitrogen and oxygen atoms in total. The van der Waals surface area contributed by atoms with Gasteiger partial charge in [0.05, 0.1) is 16.1 Å². The summed E-state index contributed by atoms with van der Waals surface area (Å²) >= 11 is 0. The van der Waals surface area contributed by atoms with Crippen molar-refractivity contribution in [2.24, 2.45) is 0 Å². The van der Waals surface area contributed by atoms with Crippen molar-refractivity contribution >= 4 is 27.6 Å². The lowest BCUT2D eigenvalue weighted by atomic mass is 10.1. The first-order valence-corrected chi connectivity index (χ1v) is 11.0. The lowest BCUT2D eigenvalue weighted by Gasteiger charge is -2.21. The fourth-order valence-corrected chi connectivity index (χ4v) is 4.56. The van der Waals surface area contributed by atoms with Gasteiger partial charge < -0.3 is 10.4 Å². The Bertz CT molecular complexity index is 1190. The molecule has 0 fully saturated rings. The van der Waals surface area contributed by atoms with E-state index in [1.54, 1.807) is 19.1 Å². The van der Waals surface area contributed by atoms with Crippen LogP contribution in [0.15, 0.2) is 83.8 Å². The Morgan fingerprint density at radius 2 is 1.61 bits per heavy atom. The topological polar surface area (TPSA) is 104 Å². The van der Waals surface area contributed by atoms with E-state index in [9.17, 15) is 23.1 Å². The van der Waals surface area contributed by atoms with Crippen LogP contribution in [-0.2, 0) is 16.6 Å². The van der Waals surface area contributed by atoms with E-state index in [2.05, 4.69) is 5.32 Å². The fourth-order valence-electron chi connectivity index (χ4n) is 3.07. The van der Waals surface area contributed by atoms with Gasteiger partial charge in [-0.15, -0.1) is 0 Å². The molecule has 0 atom stereocenters. The van der Waals surface area contributed by atoms with Crippen LogP contribution in [0.4, 0.5) is 5.69 Å². The standard InChI is InChI=1S/C23H22N2O5S/c1-2-25(16-17-9-4-3-5-10-17)31(29,30)19-12-8-11-18(15-19)22(26)24-21-14-7-6-13-20(21)23(27)28/h3-15H,2,16H2,1H3,(H,24,26)(H,27,28). The summed E-state index contributed by atoms with van der Waals surface area (Å²) in [6, 6.07) is 20.9. The first-order valence-electron chi connectivity index (χ1n) is 9.60.